The summed E-state index contributed by atoms with van der Waals surface area (Å²) in [7, 11) is 1.36. The monoisotopic (exact) mass is 328 g/mol. The van der Waals surface area contributed by atoms with Gasteiger partial charge in [0.05, 0.1) is 13.7 Å². The molecule has 0 heterocycles. The van der Waals surface area contributed by atoms with E-state index in [4.69, 9.17) is 4.74 Å². The lowest BCUT2D eigenvalue weighted by atomic mass is 10.2. The third kappa shape index (κ3) is 6.61. The molecule has 0 unspecified atom stereocenters. The molecular weight excluding hydrogens is 308 g/mol. The number of thioether (sulfide) groups is 1. The minimum absolute atomic E-state index is 0.360. The van der Waals surface area contributed by atoms with Crippen molar-refractivity contribution in [1.29, 1.82) is 0 Å². The van der Waals surface area contributed by atoms with Crippen LogP contribution in [0.15, 0.2) is 65.6 Å². The number of carbonyl (C=O) groups excluding carboxylic acids is 1. The first kappa shape index (κ1) is 17.2. The second-order valence-corrected chi connectivity index (χ2v) is 5.96. The molecule has 0 saturated heterocycles. The first-order chi connectivity index (χ1) is 11.3. The fourth-order valence-corrected chi connectivity index (χ4v) is 2.71. The van der Waals surface area contributed by atoms with Gasteiger partial charge in [0.15, 0.2) is 0 Å². The Hall–Kier alpha value is -2.20. The van der Waals surface area contributed by atoms with Crippen LogP contribution >= 0.6 is 11.8 Å². The highest BCUT2D eigenvalue weighted by atomic mass is 32.2. The van der Waals surface area contributed by atoms with E-state index in [1.165, 1.54) is 18.1 Å². The minimum atomic E-state index is -0.360. The Balaban J connectivity index is 1.68. The maximum atomic E-state index is 11.0. The molecule has 0 aromatic heterocycles. The van der Waals surface area contributed by atoms with E-state index in [1.807, 2.05) is 42.1 Å². The molecule has 0 atom stereocenters. The number of methoxy groups -OCH3 is 1. The van der Waals surface area contributed by atoms with Crippen LogP contribution in [0.25, 0.3) is 6.08 Å². The molecule has 0 amide bonds. The van der Waals surface area contributed by atoms with Crippen LogP contribution in [-0.2, 0) is 9.53 Å². The molecule has 2 aromatic carbocycles. The van der Waals surface area contributed by atoms with Crippen LogP contribution in [0.5, 0.6) is 5.75 Å². The van der Waals surface area contributed by atoms with Crippen molar-refractivity contribution in [1.82, 2.24) is 0 Å². The lowest BCUT2D eigenvalue weighted by Gasteiger charge is -2.06. The normalized spacial score (nSPS) is 10.7. The van der Waals surface area contributed by atoms with E-state index in [0.717, 1.165) is 23.5 Å². The van der Waals surface area contributed by atoms with Crippen LogP contribution in [0, 0.1) is 0 Å². The number of hydrogen-bond acceptors (Lipinski definition) is 4. The van der Waals surface area contributed by atoms with Crippen molar-refractivity contribution in [2.75, 3.05) is 19.5 Å². The van der Waals surface area contributed by atoms with Gasteiger partial charge >= 0.3 is 5.97 Å². The number of esters is 1. The van der Waals surface area contributed by atoms with E-state index in [2.05, 4.69) is 29.0 Å². The Kier molecular flexibility index (Phi) is 7.27. The van der Waals surface area contributed by atoms with Gasteiger partial charge < -0.3 is 9.47 Å². The van der Waals surface area contributed by atoms with E-state index in [-0.39, 0.29) is 5.97 Å². The van der Waals surface area contributed by atoms with Crippen molar-refractivity contribution in [2.45, 2.75) is 11.3 Å². The molecule has 23 heavy (non-hydrogen) atoms. The quantitative estimate of drug-likeness (QED) is 0.311. The van der Waals surface area contributed by atoms with Crippen LogP contribution in [0.4, 0.5) is 0 Å². The molecule has 4 heteroatoms. The van der Waals surface area contributed by atoms with Gasteiger partial charge in [0.1, 0.15) is 5.75 Å². The Morgan fingerprint density at radius 2 is 1.83 bits per heavy atom. The molecular formula is C19H20O3S. The summed E-state index contributed by atoms with van der Waals surface area (Å²) < 4.78 is 10.3. The second-order valence-electron chi connectivity index (χ2n) is 4.79. The van der Waals surface area contributed by atoms with E-state index in [0.29, 0.717) is 6.61 Å². The molecule has 3 nitrogen and oxygen atoms in total. The molecule has 2 rings (SSSR count). The maximum Gasteiger partial charge on any atom is 0.330 e. The van der Waals surface area contributed by atoms with Gasteiger partial charge in [0.25, 0.3) is 0 Å². The van der Waals surface area contributed by atoms with Crippen molar-refractivity contribution in [2.24, 2.45) is 0 Å². The van der Waals surface area contributed by atoms with Gasteiger partial charge in [-0.3, -0.25) is 0 Å². The van der Waals surface area contributed by atoms with E-state index in [9.17, 15) is 4.79 Å². The Morgan fingerprint density at radius 3 is 2.52 bits per heavy atom. The number of rotatable bonds is 8. The predicted molar refractivity (Wildman–Crippen MR) is 94.8 cm³/mol. The average Bonchev–Trinajstić information content (AvgIpc) is 2.61. The fraction of sp³-hybridized carbons (Fsp3) is 0.211. The Morgan fingerprint density at radius 1 is 1.09 bits per heavy atom. The highest BCUT2D eigenvalue weighted by molar-refractivity contribution is 7.99. The maximum absolute atomic E-state index is 11.0. The van der Waals surface area contributed by atoms with E-state index >= 15 is 0 Å². The third-order valence-electron chi connectivity index (χ3n) is 3.06. The molecule has 0 fully saturated rings. The largest absolute Gasteiger partial charge is 0.494 e. The molecule has 0 spiro atoms. The first-order valence-corrected chi connectivity index (χ1v) is 8.43. The number of hydrogen-bond donors (Lipinski definition) is 0. The number of carbonyl (C=O) groups is 1. The SMILES string of the molecule is COC(=O)/C=C/c1ccc(OCCCSc2ccccc2)cc1. The van der Waals surface area contributed by atoms with Gasteiger partial charge in [-0.1, -0.05) is 30.3 Å². The average molecular weight is 328 g/mol. The zero-order chi connectivity index (χ0) is 16.3. The summed E-state index contributed by atoms with van der Waals surface area (Å²) in [4.78, 5) is 12.3. The predicted octanol–water partition coefficient (Wildman–Crippen LogP) is 4.43. The molecule has 0 bridgehead atoms. The van der Waals surface area contributed by atoms with Gasteiger partial charge in [0.2, 0.25) is 0 Å². The summed E-state index contributed by atoms with van der Waals surface area (Å²) >= 11 is 1.84. The zero-order valence-electron chi connectivity index (χ0n) is 13.1. The minimum Gasteiger partial charge on any atom is -0.494 e. The molecule has 0 N–H and O–H groups in total. The number of benzene rings is 2. The highest BCUT2D eigenvalue weighted by Crippen LogP contribution is 2.18. The smallest absolute Gasteiger partial charge is 0.330 e. The van der Waals surface area contributed by atoms with E-state index in [1.54, 1.807) is 6.08 Å². The van der Waals surface area contributed by atoms with Gasteiger partial charge in [-0.05, 0) is 42.3 Å². The summed E-state index contributed by atoms with van der Waals surface area (Å²) in [5, 5.41) is 0. The molecule has 2 aromatic rings. The molecule has 0 radical (unpaired) electrons. The lowest BCUT2D eigenvalue weighted by Crippen LogP contribution is -1.98. The molecule has 0 aliphatic rings. The van der Waals surface area contributed by atoms with Crippen LogP contribution in [0.3, 0.4) is 0 Å². The second kappa shape index (κ2) is 9.74. The van der Waals surface area contributed by atoms with Crippen LogP contribution in [0.2, 0.25) is 0 Å². The van der Waals surface area contributed by atoms with Gasteiger partial charge in [-0.2, -0.15) is 0 Å². The number of ether oxygens (including phenoxy) is 2. The lowest BCUT2D eigenvalue weighted by molar-refractivity contribution is -0.134. The highest BCUT2D eigenvalue weighted by Gasteiger charge is 1.97. The first-order valence-electron chi connectivity index (χ1n) is 7.44. The van der Waals surface area contributed by atoms with Crippen molar-refractivity contribution >= 4 is 23.8 Å². The zero-order valence-corrected chi connectivity index (χ0v) is 13.9. The third-order valence-corrected chi connectivity index (χ3v) is 4.16. The van der Waals surface area contributed by atoms with Crippen molar-refractivity contribution in [3.05, 3.63) is 66.2 Å². The Bertz CT molecular complexity index is 621. The van der Waals surface area contributed by atoms with Crippen LogP contribution < -0.4 is 4.74 Å². The fourth-order valence-electron chi connectivity index (χ4n) is 1.86. The van der Waals surface area contributed by atoms with Gasteiger partial charge in [0, 0.05) is 16.7 Å². The van der Waals surface area contributed by atoms with Crippen molar-refractivity contribution in [3.63, 3.8) is 0 Å². The van der Waals surface area contributed by atoms with Crippen LogP contribution in [0.1, 0.15) is 12.0 Å². The summed E-state index contributed by atoms with van der Waals surface area (Å²) in [5.74, 6) is 1.51. The standard InChI is InChI=1S/C19H20O3S/c1-21-19(20)13-10-16-8-11-17(12-9-16)22-14-5-15-23-18-6-3-2-4-7-18/h2-4,6-13H,5,14-15H2,1H3/b13-10+. The molecule has 120 valence electrons. The van der Waals surface area contributed by atoms with Gasteiger partial charge in [-0.15, -0.1) is 11.8 Å². The van der Waals surface area contributed by atoms with Crippen LogP contribution in [-0.4, -0.2) is 25.4 Å². The molecule has 0 aliphatic carbocycles. The summed E-state index contributed by atoms with van der Waals surface area (Å²) in [6.45, 7) is 0.692. The molecule has 0 aliphatic heterocycles. The van der Waals surface area contributed by atoms with Gasteiger partial charge in [-0.25, -0.2) is 4.79 Å². The summed E-state index contributed by atoms with van der Waals surface area (Å²) in [6.07, 6.45) is 4.10. The summed E-state index contributed by atoms with van der Waals surface area (Å²) in [6, 6.07) is 18.0. The topological polar surface area (TPSA) is 35.5 Å². The van der Waals surface area contributed by atoms with Crippen molar-refractivity contribution in [3.8, 4) is 5.75 Å². The van der Waals surface area contributed by atoms with Crippen molar-refractivity contribution < 1.29 is 14.3 Å². The molecule has 0 saturated carbocycles. The Labute approximate surface area is 141 Å². The summed E-state index contributed by atoms with van der Waals surface area (Å²) in [5.41, 5.74) is 0.933. The van der Waals surface area contributed by atoms with E-state index < -0.39 is 0 Å².